The van der Waals surface area contributed by atoms with Crippen molar-refractivity contribution in [1.29, 1.82) is 0 Å². The van der Waals surface area contributed by atoms with Crippen LogP contribution >= 0.6 is 0 Å². The van der Waals surface area contributed by atoms with Crippen molar-refractivity contribution in [1.82, 2.24) is 5.32 Å². The van der Waals surface area contributed by atoms with Gasteiger partial charge in [0.25, 0.3) is 0 Å². The average Bonchev–Trinajstić information content (AvgIpc) is 2.72. The van der Waals surface area contributed by atoms with E-state index in [1.807, 2.05) is 6.08 Å². The van der Waals surface area contributed by atoms with E-state index in [2.05, 4.69) is 25.7 Å². The van der Waals surface area contributed by atoms with Gasteiger partial charge in [0.15, 0.2) is 0 Å². The van der Waals surface area contributed by atoms with E-state index in [4.69, 9.17) is 4.74 Å². The molecule has 0 aromatic carbocycles. The van der Waals surface area contributed by atoms with Gasteiger partial charge < -0.3 is 10.1 Å². The van der Waals surface area contributed by atoms with Crippen LogP contribution in [0, 0.1) is 5.92 Å². The molecule has 1 aliphatic rings. The number of rotatable bonds is 7. The van der Waals surface area contributed by atoms with E-state index >= 15 is 0 Å². The summed E-state index contributed by atoms with van der Waals surface area (Å²) in [4.78, 5) is 0. The topological polar surface area (TPSA) is 21.3 Å². The van der Waals surface area contributed by atoms with Crippen LogP contribution in [0.15, 0.2) is 12.7 Å². The highest BCUT2D eigenvalue weighted by atomic mass is 16.5. The molecule has 1 N–H and O–H groups in total. The molecule has 2 heteroatoms. The summed E-state index contributed by atoms with van der Waals surface area (Å²) < 4.78 is 5.75. The second kappa shape index (κ2) is 7.02. The molecule has 1 aliphatic heterocycles. The van der Waals surface area contributed by atoms with Crippen molar-refractivity contribution in [3.8, 4) is 0 Å². The largest absolute Gasteiger partial charge is 0.378 e. The summed E-state index contributed by atoms with van der Waals surface area (Å²) in [5, 5.41) is 3.63. The Morgan fingerprint density at radius 3 is 2.93 bits per heavy atom. The van der Waals surface area contributed by atoms with Crippen molar-refractivity contribution in [3.63, 3.8) is 0 Å². The summed E-state index contributed by atoms with van der Waals surface area (Å²) in [6.07, 6.45) is 7.07. The Morgan fingerprint density at radius 2 is 2.33 bits per heavy atom. The lowest BCUT2D eigenvalue weighted by Gasteiger charge is -2.27. The summed E-state index contributed by atoms with van der Waals surface area (Å²) in [6.45, 7) is 10.3. The summed E-state index contributed by atoms with van der Waals surface area (Å²) in [7, 11) is 0. The molecule has 0 radical (unpaired) electrons. The summed E-state index contributed by atoms with van der Waals surface area (Å²) in [6, 6.07) is 0.565. The van der Waals surface area contributed by atoms with Crippen LogP contribution in [-0.4, -0.2) is 25.3 Å². The third-order valence-corrected chi connectivity index (χ3v) is 3.26. The van der Waals surface area contributed by atoms with Crippen LogP contribution < -0.4 is 5.32 Å². The highest BCUT2D eigenvalue weighted by molar-refractivity contribution is 4.89. The van der Waals surface area contributed by atoms with Crippen LogP contribution in [0.1, 0.15) is 39.5 Å². The lowest BCUT2D eigenvalue weighted by Crippen LogP contribution is -2.39. The molecular formula is C13H25NO. The van der Waals surface area contributed by atoms with E-state index in [1.165, 1.54) is 12.8 Å². The first-order chi connectivity index (χ1) is 7.33. The molecule has 1 heterocycles. The molecule has 0 amide bonds. The first kappa shape index (κ1) is 12.7. The fourth-order valence-corrected chi connectivity index (χ4v) is 2.46. The predicted octanol–water partition coefficient (Wildman–Crippen LogP) is 2.75. The van der Waals surface area contributed by atoms with Crippen LogP contribution in [0.25, 0.3) is 0 Å². The minimum Gasteiger partial charge on any atom is -0.378 e. The maximum Gasteiger partial charge on any atom is 0.0616 e. The van der Waals surface area contributed by atoms with Crippen molar-refractivity contribution in [3.05, 3.63) is 12.7 Å². The van der Waals surface area contributed by atoms with Crippen molar-refractivity contribution < 1.29 is 4.74 Å². The van der Waals surface area contributed by atoms with E-state index in [1.54, 1.807) is 0 Å². The number of nitrogens with one attached hydrogen (secondary N) is 1. The van der Waals surface area contributed by atoms with Crippen molar-refractivity contribution in [2.24, 2.45) is 5.92 Å². The minimum atomic E-state index is 0.458. The van der Waals surface area contributed by atoms with E-state index in [9.17, 15) is 0 Å². The minimum absolute atomic E-state index is 0.458. The second-order valence-corrected chi connectivity index (χ2v) is 4.36. The van der Waals surface area contributed by atoms with Gasteiger partial charge in [0, 0.05) is 18.6 Å². The van der Waals surface area contributed by atoms with Gasteiger partial charge in [-0.2, -0.15) is 0 Å². The summed E-state index contributed by atoms with van der Waals surface area (Å²) >= 11 is 0. The van der Waals surface area contributed by atoms with Crippen LogP contribution in [0.5, 0.6) is 0 Å². The van der Waals surface area contributed by atoms with Gasteiger partial charge in [-0.25, -0.2) is 0 Å². The Morgan fingerprint density at radius 1 is 1.53 bits per heavy atom. The zero-order valence-corrected chi connectivity index (χ0v) is 10.2. The molecule has 0 spiro atoms. The van der Waals surface area contributed by atoms with E-state index in [-0.39, 0.29) is 0 Å². The SMILES string of the molecule is C=CCC(NCCC)C1CCOC1CC. The highest BCUT2D eigenvalue weighted by Crippen LogP contribution is 2.28. The van der Waals surface area contributed by atoms with Gasteiger partial charge in [-0.1, -0.05) is 19.9 Å². The quantitative estimate of drug-likeness (QED) is 0.654. The summed E-state index contributed by atoms with van der Waals surface area (Å²) in [5.74, 6) is 0.680. The van der Waals surface area contributed by atoms with E-state index in [0.29, 0.717) is 18.1 Å². The lowest BCUT2D eigenvalue weighted by atomic mass is 9.89. The monoisotopic (exact) mass is 211 g/mol. The van der Waals surface area contributed by atoms with Gasteiger partial charge in [-0.3, -0.25) is 0 Å². The highest BCUT2D eigenvalue weighted by Gasteiger charge is 2.32. The molecule has 88 valence electrons. The Kier molecular flexibility index (Phi) is 5.96. The Bertz CT molecular complexity index is 181. The molecule has 3 atom stereocenters. The normalized spacial score (nSPS) is 27.9. The molecular weight excluding hydrogens is 186 g/mol. The fraction of sp³-hybridized carbons (Fsp3) is 0.846. The molecule has 15 heavy (non-hydrogen) atoms. The molecule has 1 saturated heterocycles. The first-order valence-electron chi connectivity index (χ1n) is 6.29. The van der Waals surface area contributed by atoms with Crippen molar-refractivity contribution in [2.45, 2.75) is 51.7 Å². The van der Waals surface area contributed by atoms with Gasteiger partial charge in [-0.15, -0.1) is 6.58 Å². The maximum atomic E-state index is 5.75. The van der Waals surface area contributed by atoms with Crippen LogP contribution in [0.3, 0.4) is 0 Å². The Labute approximate surface area is 94.1 Å². The standard InChI is InChI=1S/C13H25NO/c1-4-7-12(14-9-5-2)11-8-10-15-13(11)6-3/h4,11-14H,1,5-10H2,2-3H3. The van der Waals surface area contributed by atoms with Gasteiger partial charge in [-0.05, 0) is 32.2 Å². The molecule has 1 rings (SSSR count). The number of hydrogen-bond acceptors (Lipinski definition) is 2. The van der Waals surface area contributed by atoms with Gasteiger partial charge in [0.05, 0.1) is 6.10 Å². The Hall–Kier alpha value is -0.340. The van der Waals surface area contributed by atoms with Gasteiger partial charge in [0.1, 0.15) is 0 Å². The zero-order chi connectivity index (χ0) is 11.1. The molecule has 3 unspecified atom stereocenters. The molecule has 0 aromatic heterocycles. The molecule has 1 fully saturated rings. The first-order valence-corrected chi connectivity index (χ1v) is 6.29. The number of ether oxygens (including phenoxy) is 1. The third kappa shape index (κ3) is 3.62. The van der Waals surface area contributed by atoms with Gasteiger partial charge in [0.2, 0.25) is 0 Å². The Balaban J connectivity index is 2.48. The maximum absolute atomic E-state index is 5.75. The molecule has 0 aliphatic carbocycles. The second-order valence-electron chi connectivity index (χ2n) is 4.36. The van der Waals surface area contributed by atoms with E-state index < -0.39 is 0 Å². The van der Waals surface area contributed by atoms with Crippen LogP contribution in [0.2, 0.25) is 0 Å². The van der Waals surface area contributed by atoms with Crippen LogP contribution in [0.4, 0.5) is 0 Å². The molecule has 0 bridgehead atoms. The molecule has 0 saturated carbocycles. The fourth-order valence-electron chi connectivity index (χ4n) is 2.46. The summed E-state index contributed by atoms with van der Waals surface area (Å²) in [5.41, 5.74) is 0. The third-order valence-electron chi connectivity index (χ3n) is 3.26. The predicted molar refractivity (Wildman–Crippen MR) is 65.0 cm³/mol. The van der Waals surface area contributed by atoms with Crippen LogP contribution in [-0.2, 0) is 4.74 Å². The van der Waals surface area contributed by atoms with Crippen molar-refractivity contribution in [2.75, 3.05) is 13.2 Å². The molecule has 2 nitrogen and oxygen atoms in total. The van der Waals surface area contributed by atoms with Crippen molar-refractivity contribution >= 4 is 0 Å². The average molecular weight is 211 g/mol. The van der Waals surface area contributed by atoms with E-state index in [0.717, 1.165) is 26.0 Å². The molecule has 0 aromatic rings. The zero-order valence-electron chi connectivity index (χ0n) is 10.2. The number of hydrogen-bond donors (Lipinski definition) is 1. The smallest absolute Gasteiger partial charge is 0.0616 e. The van der Waals surface area contributed by atoms with Gasteiger partial charge >= 0.3 is 0 Å². The lowest BCUT2D eigenvalue weighted by molar-refractivity contribution is 0.0777.